The van der Waals surface area contributed by atoms with E-state index in [0.717, 1.165) is 25.7 Å². The summed E-state index contributed by atoms with van der Waals surface area (Å²) < 4.78 is 13.5. The molecule has 154 valence electrons. The zero-order chi connectivity index (χ0) is 20.0. The van der Waals surface area contributed by atoms with Crippen molar-refractivity contribution in [2.24, 2.45) is 0 Å². The molecular weight excluding hydrogens is 380 g/mol. The molecule has 12 nitrogen and oxygen atoms in total. The molecule has 0 radical (unpaired) electrons. The average Bonchev–Trinajstić information content (AvgIpc) is 3.47. The molecule has 12 heteroatoms. The third kappa shape index (κ3) is 3.23. The van der Waals surface area contributed by atoms with Crippen LogP contribution in [0.3, 0.4) is 0 Å². The number of hydrogen-bond donors (Lipinski definition) is 2. The van der Waals surface area contributed by atoms with E-state index in [2.05, 4.69) is 25.3 Å². The number of imidazole rings is 1. The van der Waals surface area contributed by atoms with Gasteiger partial charge >= 0.3 is 6.01 Å². The summed E-state index contributed by atoms with van der Waals surface area (Å²) in [4.78, 5) is 19.9. The van der Waals surface area contributed by atoms with Gasteiger partial charge in [0.2, 0.25) is 0 Å². The zero-order valence-corrected chi connectivity index (χ0v) is 15.8. The summed E-state index contributed by atoms with van der Waals surface area (Å²) in [7, 11) is 0. The summed E-state index contributed by atoms with van der Waals surface area (Å²) >= 11 is 0. The van der Waals surface area contributed by atoms with Gasteiger partial charge in [0.25, 0.3) is 0 Å². The van der Waals surface area contributed by atoms with Gasteiger partial charge in [-0.2, -0.15) is 9.97 Å². The molecule has 4 heterocycles. The summed E-state index contributed by atoms with van der Waals surface area (Å²) in [5, 5.41) is 18.3. The summed E-state index contributed by atoms with van der Waals surface area (Å²) in [6.07, 6.45) is 6.02. The molecule has 3 aromatic rings. The zero-order valence-electron chi connectivity index (χ0n) is 15.8. The number of ether oxygens (including phenoxy) is 2. The number of aromatic nitrogens is 7. The molecule has 1 aliphatic heterocycles. The minimum atomic E-state index is -0.998. The Morgan fingerprint density at radius 1 is 1.28 bits per heavy atom. The summed E-state index contributed by atoms with van der Waals surface area (Å²) in [6.45, 7) is 1.81. The van der Waals surface area contributed by atoms with Gasteiger partial charge in [0.05, 0.1) is 24.8 Å². The van der Waals surface area contributed by atoms with Crippen LogP contribution in [0.1, 0.15) is 38.8 Å². The van der Waals surface area contributed by atoms with E-state index in [1.54, 1.807) is 10.8 Å². The van der Waals surface area contributed by atoms with E-state index in [1.807, 2.05) is 6.92 Å². The van der Waals surface area contributed by atoms with Crippen LogP contribution in [-0.4, -0.2) is 64.2 Å². The fourth-order valence-electron chi connectivity index (χ4n) is 3.89. The Balaban J connectivity index is 1.44. The second kappa shape index (κ2) is 7.12. The summed E-state index contributed by atoms with van der Waals surface area (Å²) in [5.41, 5.74) is 6.93. The van der Waals surface area contributed by atoms with Crippen LogP contribution >= 0.6 is 0 Å². The molecule has 1 saturated heterocycles. The van der Waals surface area contributed by atoms with E-state index in [1.165, 1.54) is 17.4 Å². The van der Waals surface area contributed by atoms with Crippen LogP contribution in [0.4, 0.5) is 5.82 Å². The Labute approximate surface area is 165 Å². The number of fused-ring (bicyclic) bond motifs is 1. The molecule has 29 heavy (non-hydrogen) atoms. The van der Waals surface area contributed by atoms with E-state index in [9.17, 15) is 5.11 Å². The SMILES string of the molecule is C[C@H]1OC(n2cnc3c(N)nc(OC4CCCC4)nc32)[C@H](O)[C@H]1On1ccnn1. The van der Waals surface area contributed by atoms with Crippen LogP contribution in [-0.2, 0) is 4.74 Å². The van der Waals surface area contributed by atoms with Crippen molar-refractivity contribution in [3.63, 3.8) is 0 Å². The molecule has 0 bridgehead atoms. The summed E-state index contributed by atoms with van der Waals surface area (Å²) in [6, 6.07) is 0.208. The number of aliphatic hydroxyl groups is 1. The lowest BCUT2D eigenvalue weighted by Crippen LogP contribution is -2.40. The highest BCUT2D eigenvalue weighted by Crippen LogP contribution is 2.33. The van der Waals surface area contributed by atoms with E-state index in [4.69, 9.17) is 20.0 Å². The molecule has 1 unspecified atom stereocenters. The van der Waals surface area contributed by atoms with Crippen molar-refractivity contribution in [1.29, 1.82) is 0 Å². The molecule has 1 aliphatic carbocycles. The highest BCUT2D eigenvalue weighted by Gasteiger charge is 2.45. The lowest BCUT2D eigenvalue weighted by molar-refractivity contribution is -0.0562. The normalized spacial score (nSPS) is 27.7. The van der Waals surface area contributed by atoms with Crippen LogP contribution < -0.4 is 15.3 Å². The first-order valence-electron chi connectivity index (χ1n) is 9.64. The monoisotopic (exact) mass is 402 g/mol. The van der Waals surface area contributed by atoms with Crippen molar-refractivity contribution >= 4 is 17.0 Å². The second-order valence-electron chi connectivity index (χ2n) is 7.34. The minimum absolute atomic E-state index is 0.0945. The standard InChI is InChI=1S/C17H22N8O4/c1-9-13(29-25-7-6-20-23-25)12(26)16(27-9)24-8-19-11-14(18)21-17(22-15(11)24)28-10-4-2-3-5-10/h6-10,12-13,16,26H,2-5H2,1H3,(H2,18,21,22)/t9-,12-,13+,16?/m1/s1. The molecule has 0 aromatic carbocycles. The van der Waals surface area contributed by atoms with Gasteiger partial charge in [-0.1, -0.05) is 4.85 Å². The Morgan fingerprint density at radius 2 is 2.10 bits per heavy atom. The lowest BCUT2D eigenvalue weighted by Gasteiger charge is -2.19. The Bertz CT molecular complexity index is 987. The molecule has 5 rings (SSSR count). The first-order chi connectivity index (χ1) is 14.1. The minimum Gasteiger partial charge on any atom is -0.460 e. The maximum atomic E-state index is 10.9. The fourth-order valence-corrected chi connectivity index (χ4v) is 3.89. The van der Waals surface area contributed by atoms with Gasteiger partial charge in [-0.05, 0) is 37.8 Å². The number of rotatable bonds is 5. The Kier molecular flexibility index (Phi) is 4.43. The highest BCUT2D eigenvalue weighted by molar-refractivity contribution is 5.82. The lowest BCUT2D eigenvalue weighted by atomic mass is 10.1. The molecule has 3 N–H and O–H groups in total. The maximum absolute atomic E-state index is 10.9. The third-order valence-corrected chi connectivity index (χ3v) is 5.35. The predicted octanol–water partition coefficient (Wildman–Crippen LogP) is 0.0970. The topological polar surface area (TPSA) is 148 Å². The molecular formula is C17H22N8O4. The smallest absolute Gasteiger partial charge is 0.320 e. The fraction of sp³-hybridized carbons (Fsp3) is 0.588. The van der Waals surface area contributed by atoms with Crippen LogP contribution in [0.25, 0.3) is 11.2 Å². The van der Waals surface area contributed by atoms with Crippen molar-refractivity contribution in [2.75, 3.05) is 5.73 Å². The van der Waals surface area contributed by atoms with Crippen molar-refractivity contribution in [3.8, 4) is 6.01 Å². The van der Waals surface area contributed by atoms with Gasteiger partial charge in [0.15, 0.2) is 29.3 Å². The molecule has 4 atom stereocenters. The van der Waals surface area contributed by atoms with Crippen molar-refractivity contribution < 1.29 is 19.4 Å². The third-order valence-electron chi connectivity index (χ3n) is 5.35. The van der Waals surface area contributed by atoms with Crippen LogP contribution in [0.5, 0.6) is 6.01 Å². The van der Waals surface area contributed by atoms with Gasteiger partial charge in [0.1, 0.15) is 12.2 Å². The van der Waals surface area contributed by atoms with Gasteiger partial charge in [-0.3, -0.25) is 4.57 Å². The van der Waals surface area contributed by atoms with Crippen LogP contribution in [0.15, 0.2) is 18.7 Å². The molecule has 2 aliphatic rings. The highest BCUT2D eigenvalue weighted by atomic mass is 16.7. The quantitative estimate of drug-likeness (QED) is 0.601. The molecule has 1 saturated carbocycles. The molecule has 2 fully saturated rings. The average molecular weight is 402 g/mol. The maximum Gasteiger partial charge on any atom is 0.320 e. The van der Waals surface area contributed by atoms with E-state index < -0.39 is 24.5 Å². The van der Waals surface area contributed by atoms with Crippen molar-refractivity contribution in [3.05, 3.63) is 18.7 Å². The van der Waals surface area contributed by atoms with Gasteiger partial charge < -0.3 is 25.2 Å². The molecule has 0 amide bonds. The molecule has 3 aromatic heterocycles. The largest absolute Gasteiger partial charge is 0.460 e. The van der Waals surface area contributed by atoms with E-state index >= 15 is 0 Å². The second-order valence-corrected chi connectivity index (χ2v) is 7.34. The molecule has 0 spiro atoms. The predicted molar refractivity (Wildman–Crippen MR) is 98.6 cm³/mol. The number of hydrogen-bond acceptors (Lipinski definition) is 10. The van der Waals surface area contributed by atoms with Crippen molar-refractivity contribution in [2.45, 2.75) is 63.3 Å². The number of nitrogens with two attached hydrogens (primary N) is 1. The van der Waals surface area contributed by atoms with Gasteiger partial charge in [-0.25, -0.2) is 4.98 Å². The summed E-state index contributed by atoms with van der Waals surface area (Å²) in [5.74, 6) is 0.220. The number of aliphatic hydroxyl groups excluding tert-OH is 1. The van der Waals surface area contributed by atoms with E-state index in [-0.39, 0.29) is 17.9 Å². The van der Waals surface area contributed by atoms with Crippen molar-refractivity contribution in [1.82, 2.24) is 34.7 Å². The number of nitrogen functional groups attached to an aromatic ring is 1. The van der Waals surface area contributed by atoms with E-state index in [0.29, 0.717) is 11.2 Å². The first kappa shape index (κ1) is 18.1. The van der Waals surface area contributed by atoms with Crippen LogP contribution in [0, 0.1) is 0 Å². The van der Waals surface area contributed by atoms with Gasteiger partial charge in [0, 0.05) is 0 Å². The number of anilines is 1. The Hall–Kier alpha value is -2.99. The first-order valence-corrected chi connectivity index (χ1v) is 9.64. The Morgan fingerprint density at radius 3 is 2.86 bits per heavy atom. The number of nitrogens with zero attached hydrogens (tertiary/aromatic N) is 7. The van der Waals surface area contributed by atoms with Gasteiger partial charge in [-0.15, -0.1) is 5.10 Å². The van der Waals surface area contributed by atoms with Crippen LogP contribution in [0.2, 0.25) is 0 Å².